The molecule has 0 aliphatic heterocycles. The highest BCUT2D eigenvalue weighted by molar-refractivity contribution is 5.31. The smallest absolute Gasteiger partial charge is 0.123 e. The van der Waals surface area contributed by atoms with E-state index in [1.54, 1.807) is 6.20 Å². The van der Waals surface area contributed by atoms with Gasteiger partial charge in [0, 0.05) is 6.20 Å². The van der Waals surface area contributed by atoms with Crippen LogP contribution in [-0.4, -0.2) is 4.98 Å². The van der Waals surface area contributed by atoms with Crippen molar-refractivity contribution in [2.75, 3.05) is 5.73 Å². The van der Waals surface area contributed by atoms with Gasteiger partial charge in [-0.3, -0.25) is 0 Å². The summed E-state index contributed by atoms with van der Waals surface area (Å²) in [5.41, 5.74) is 6.95. The molecule has 2 N–H and O–H groups in total. The Labute approximate surface area is 99.3 Å². The zero-order valence-electron chi connectivity index (χ0n) is 10.4. The quantitative estimate of drug-likeness (QED) is 0.673. The van der Waals surface area contributed by atoms with Crippen LogP contribution in [0.3, 0.4) is 0 Å². The van der Waals surface area contributed by atoms with Gasteiger partial charge in [-0.2, -0.15) is 0 Å². The number of hydrogen-bond acceptors (Lipinski definition) is 2. The van der Waals surface area contributed by atoms with Gasteiger partial charge in [-0.1, -0.05) is 45.4 Å². The summed E-state index contributed by atoms with van der Waals surface area (Å²) in [5.74, 6) is 0.639. The van der Waals surface area contributed by atoms with Crippen LogP contribution in [0.4, 0.5) is 5.82 Å². The molecule has 2 nitrogen and oxygen atoms in total. The van der Waals surface area contributed by atoms with Crippen LogP contribution < -0.4 is 5.73 Å². The number of nitrogen functional groups attached to an aromatic ring is 1. The average Bonchev–Trinajstić information content (AvgIpc) is 2.28. The highest BCUT2D eigenvalue weighted by Gasteiger charge is 1.95. The number of hydrogen-bond donors (Lipinski definition) is 1. The number of rotatable bonds is 8. The summed E-state index contributed by atoms with van der Waals surface area (Å²) in [7, 11) is 0. The molecule has 0 bridgehead atoms. The maximum atomic E-state index is 5.63. The maximum Gasteiger partial charge on any atom is 0.123 e. The third-order valence-corrected chi connectivity index (χ3v) is 2.91. The Morgan fingerprint density at radius 2 is 1.75 bits per heavy atom. The van der Waals surface area contributed by atoms with Gasteiger partial charge >= 0.3 is 0 Å². The van der Waals surface area contributed by atoms with Gasteiger partial charge in [-0.25, -0.2) is 4.98 Å². The van der Waals surface area contributed by atoms with Crippen molar-refractivity contribution in [1.29, 1.82) is 0 Å². The van der Waals surface area contributed by atoms with Gasteiger partial charge in [0.05, 0.1) is 0 Å². The van der Waals surface area contributed by atoms with Gasteiger partial charge in [0.15, 0.2) is 0 Å². The lowest BCUT2D eigenvalue weighted by molar-refractivity contribution is 0.589. The van der Waals surface area contributed by atoms with E-state index >= 15 is 0 Å². The minimum Gasteiger partial charge on any atom is -0.384 e. The molecule has 0 saturated carbocycles. The molecule has 0 aliphatic rings. The summed E-state index contributed by atoms with van der Waals surface area (Å²) in [4.78, 5) is 4.00. The molecule has 1 aromatic heterocycles. The first-order chi connectivity index (χ1) is 7.83. The first-order valence-corrected chi connectivity index (χ1v) is 6.53. The number of aryl methyl sites for hydroxylation is 1. The summed E-state index contributed by atoms with van der Waals surface area (Å²) in [6.07, 6.45) is 12.4. The van der Waals surface area contributed by atoms with Crippen LogP contribution in [0.15, 0.2) is 18.3 Å². The average molecular weight is 220 g/mol. The molecular weight excluding hydrogens is 196 g/mol. The number of nitrogens with two attached hydrogens (primary N) is 1. The van der Waals surface area contributed by atoms with E-state index in [9.17, 15) is 0 Å². The molecule has 2 heteroatoms. The lowest BCUT2D eigenvalue weighted by Gasteiger charge is -2.02. The van der Waals surface area contributed by atoms with E-state index < -0.39 is 0 Å². The zero-order chi connectivity index (χ0) is 11.6. The van der Waals surface area contributed by atoms with E-state index in [2.05, 4.69) is 18.0 Å². The lowest BCUT2D eigenvalue weighted by atomic mass is 10.1. The predicted octanol–water partition coefficient (Wildman–Crippen LogP) is 3.96. The van der Waals surface area contributed by atoms with Crippen molar-refractivity contribution in [3.8, 4) is 0 Å². The summed E-state index contributed by atoms with van der Waals surface area (Å²) in [6.45, 7) is 2.26. The van der Waals surface area contributed by atoms with E-state index in [0.29, 0.717) is 5.82 Å². The van der Waals surface area contributed by atoms with Gasteiger partial charge in [-0.15, -0.1) is 0 Å². The van der Waals surface area contributed by atoms with Gasteiger partial charge < -0.3 is 5.73 Å². The zero-order valence-corrected chi connectivity index (χ0v) is 10.4. The lowest BCUT2D eigenvalue weighted by Crippen LogP contribution is -1.92. The van der Waals surface area contributed by atoms with Crippen molar-refractivity contribution in [3.05, 3.63) is 23.9 Å². The Morgan fingerprint density at radius 3 is 2.44 bits per heavy atom. The number of pyridine rings is 1. The molecule has 0 atom stereocenters. The van der Waals surface area contributed by atoms with E-state index in [1.807, 2.05) is 6.07 Å². The minimum atomic E-state index is 0.639. The van der Waals surface area contributed by atoms with Crippen LogP contribution >= 0.6 is 0 Å². The fourth-order valence-electron chi connectivity index (χ4n) is 1.94. The molecular formula is C14H24N2. The van der Waals surface area contributed by atoms with Crippen molar-refractivity contribution in [3.63, 3.8) is 0 Å². The van der Waals surface area contributed by atoms with Crippen LogP contribution in [0.1, 0.15) is 57.4 Å². The maximum absolute atomic E-state index is 5.63. The molecule has 0 amide bonds. The van der Waals surface area contributed by atoms with Gasteiger partial charge in [-0.05, 0) is 30.5 Å². The fraction of sp³-hybridized carbons (Fsp3) is 0.643. The fourth-order valence-corrected chi connectivity index (χ4v) is 1.94. The van der Waals surface area contributed by atoms with Crippen molar-refractivity contribution in [1.82, 2.24) is 4.98 Å². The first kappa shape index (κ1) is 13.0. The SMILES string of the molecule is CCCCCCCCCc1ccnc(N)c1. The normalized spacial score (nSPS) is 10.6. The number of unbranched alkanes of at least 4 members (excludes halogenated alkanes) is 6. The number of anilines is 1. The van der Waals surface area contributed by atoms with Crippen molar-refractivity contribution < 1.29 is 0 Å². The number of aromatic nitrogens is 1. The van der Waals surface area contributed by atoms with Crippen LogP contribution in [0, 0.1) is 0 Å². The second-order valence-electron chi connectivity index (χ2n) is 4.46. The summed E-state index contributed by atoms with van der Waals surface area (Å²) < 4.78 is 0. The highest BCUT2D eigenvalue weighted by atomic mass is 14.8. The molecule has 0 saturated heterocycles. The van der Waals surface area contributed by atoms with Crippen LogP contribution in [0.25, 0.3) is 0 Å². The largest absolute Gasteiger partial charge is 0.384 e. The molecule has 0 unspecified atom stereocenters. The second kappa shape index (κ2) is 8.14. The molecule has 1 heterocycles. The van der Waals surface area contributed by atoms with Gasteiger partial charge in [0.1, 0.15) is 5.82 Å². The summed E-state index contributed by atoms with van der Waals surface area (Å²) in [5, 5.41) is 0. The molecule has 1 aromatic rings. The highest BCUT2D eigenvalue weighted by Crippen LogP contribution is 2.11. The van der Waals surface area contributed by atoms with E-state index in [0.717, 1.165) is 6.42 Å². The van der Waals surface area contributed by atoms with Gasteiger partial charge in [0.2, 0.25) is 0 Å². The number of nitrogens with zero attached hydrogens (tertiary/aromatic N) is 1. The molecule has 0 aliphatic carbocycles. The summed E-state index contributed by atoms with van der Waals surface area (Å²) >= 11 is 0. The predicted molar refractivity (Wildman–Crippen MR) is 70.3 cm³/mol. The molecule has 0 spiro atoms. The Hall–Kier alpha value is -1.05. The van der Waals surface area contributed by atoms with E-state index in [-0.39, 0.29) is 0 Å². The second-order valence-corrected chi connectivity index (χ2v) is 4.46. The Kier molecular flexibility index (Phi) is 6.62. The Morgan fingerprint density at radius 1 is 1.06 bits per heavy atom. The first-order valence-electron chi connectivity index (χ1n) is 6.53. The molecule has 90 valence electrons. The van der Waals surface area contributed by atoms with Crippen LogP contribution in [-0.2, 0) is 6.42 Å². The van der Waals surface area contributed by atoms with E-state index in [4.69, 9.17) is 5.73 Å². The minimum absolute atomic E-state index is 0.639. The monoisotopic (exact) mass is 220 g/mol. The molecule has 1 rings (SSSR count). The van der Waals surface area contributed by atoms with E-state index in [1.165, 1.54) is 50.5 Å². The topological polar surface area (TPSA) is 38.9 Å². The van der Waals surface area contributed by atoms with Crippen LogP contribution in [0.2, 0.25) is 0 Å². The van der Waals surface area contributed by atoms with Crippen molar-refractivity contribution >= 4 is 5.82 Å². The van der Waals surface area contributed by atoms with Crippen molar-refractivity contribution in [2.45, 2.75) is 58.3 Å². The standard InChI is InChI=1S/C14H24N2/c1-2-3-4-5-6-7-8-9-13-10-11-16-14(15)12-13/h10-12H,2-9H2,1H3,(H2,15,16). The van der Waals surface area contributed by atoms with Crippen LogP contribution in [0.5, 0.6) is 0 Å². The summed E-state index contributed by atoms with van der Waals surface area (Å²) in [6, 6.07) is 4.05. The third kappa shape index (κ3) is 5.74. The molecule has 16 heavy (non-hydrogen) atoms. The molecule has 0 fully saturated rings. The van der Waals surface area contributed by atoms with Crippen molar-refractivity contribution in [2.24, 2.45) is 0 Å². The Bertz CT molecular complexity index is 284. The third-order valence-electron chi connectivity index (χ3n) is 2.91. The molecule has 0 radical (unpaired) electrons. The molecule has 0 aromatic carbocycles. The Balaban J connectivity index is 2.03. The van der Waals surface area contributed by atoms with Gasteiger partial charge in [0.25, 0.3) is 0 Å².